The van der Waals surface area contributed by atoms with E-state index < -0.39 is 15.1 Å². The molecule has 3 aromatic rings. The molecule has 2 aliphatic heterocycles. The molecule has 3 aromatic heterocycles. The van der Waals surface area contributed by atoms with Gasteiger partial charge in [0.05, 0.1) is 22.8 Å². The summed E-state index contributed by atoms with van der Waals surface area (Å²) in [4.78, 5) is 14.4. The average Bonchev–Trinajstić information content (AvgIpc) is 3.64. The number of ether oxygens (including phenoxy) is 1. The van der Waals surface area contributed by atoms with E-state index in [1.807, 2.05) is 66.8 Å². The lowest BCUT2D eigenvalue weighted by molar-refractivity contribution is 0.0946. The maximum absolute atomic E-state index is 11.9. The number of aromatic amines is 2. The van der Waals surface area contributed by atoms with Crippen molar-refractivity contribution in [3.05, 3.63) is 89.0 Å². The summed E-state index contributed by atoms with van der Waals surface area (Å²) in [6.45, 7) is 0. The third kappa shape index (κ3) is 4.03. The van der Waals surface area contributed by atoms with Crippen molar-refractivity contribution < 1.29 is 17.7 Å². The Morgan fingerprint density at radius 2 is 1.42 bits per heavy atom. The Labute approximate surface area is 207 Å². The van der Waals surface area contributed by atoms with Gasteiger partial charge in [-0.25, -0.2) is 9.97 Å². The van der Waals surface area contributed by atoms with Crippen LogP contribution in [0.25, 0.3) is 51.9 Å². The summed E-state index contributed by atoms with van der Waals surface area (Å²) in [6.07, 6.45) is 12.6. The Bertz CT molecular complexity index is 1790. The topological polar surface area (TPSA) is 121 Å². The molecule has 180 valence electrons. The molecule has 1 aliphatic carbocycles. The van der Waals surface area contributed by atoms with Crippen LogP contribution in [0.4, 0.5) is 0 Å². The summed E-state index contributed by atoms with van der Waals surface area (Å²) in [7, 11) is -3.19. The van der Waals surface area contributed by atoms with Crippen molar-refractivity contribution >= 4 is 62.1 Å². The maximum Gasteiger partial charge on any atom is 0.299 e. The first-order chi connectivity index (χ1) is 17.3. The molecule has 0 amide bonds. The molecule has 0 radical (unpaired) electrons. The van der Waals surface area contributed by atoms with Crippen LogP contribution in [0.2, 0.25) is 0 Å². The molecule has 8 bridgehead atoms. The highest BCUT2D eigenvalue weighted by molar-refractivity contribution is 7.87. The second-order valence-corrected chi connectivity index (χ2v) is 10.4. The van der Waals surface area contributed by atoms with Crippen LogP contribution in [0.5, 0.6) is 0 Å². The molecular formula is C27H22N4O4S. The van der Waals surface area contributed by atoms with Crippen molar-refractivity contribution in [2.24, 2.45) is 0 Å². The fourth-order valence-corrected chi connectivity index (χ4v) is 5.25. The Kier molecular flexibility index (Phi) is 5.15. The lowest BCUT2D eigenvalue weighted by Crippen LogP contribution is -2.38. The zero-order chi connectivity index (χ0) is 24.9. The number of hydrogen-bond acceptors (Lipinski definition) is 5. The predicted octanol–water partition coefficient (Wildman–Crippen LogP) is 5.23. The van der Waals surface area contributed by atoms with E-state index in [1.54, 1.807) is 12.2 Å². The molecule has 0 saturated heterocycles. The minimum absolute atomic E-state index is 0.0207. The van der Waals surface area contributed by atoms with Crippen molar-refractivity contribution in [2.45, 2.75) is 11.4 Å². The van der Waals surface area contributed by atoms with E-state index in [9.17, 15) is 13.0 Å². The van der Waals surface area contributed by atoms with Gasteiger partial charge in [-0.1, -0.05) is 12.2 Å². The molecule has 0 aromatic carbocycles. The molecular weight excluding hydrogens is 476 g/mol. The van der Waals surface area contributed by atoms with Crippen LogP contribution in [0, 0.1) is 0 Å². The molecule has 1 unspecified atom stereocenters. The highest BCUT2D eigenvalue weighted by Gasteiger charge is 2.41. The van der Waals surface area contributed by atoms with Crippen molar-refractivity contribution in [1.82, 2.24) is 19.9 Å². The zero-order valence-electron chi connectivity index (χ0n) is 19.3. The second-order valence-electron chi connectivity index (χ2n) is 8.78. The summed E-state index contributed by atoms with van der Waals surface area (Å²) in [5, 5.41) is 0. The van der Waals surface area contributed by atoms with Crippen LogP contribution in [0.15, 0.2) is 60.7 Å². The van der Waals surface area contributed by atoms with Gasteiger partial charge in [-0.3, -0.25) is 4.55 Å². The Morgan fingerprint density at radius 3 is 1.94 bits per heavy atom. The molecule has 0 saturated carbocycles. The first-order valence-electron chi connectivity index (χ1n) is 11.3. The fourth-order valence-electron chi connectivity index (χ4n) is 4.51. The summed E-state index contributed by atoms with van der Waals surface area (Å²) in [5.74, 6) is 0. The molecule has 3 N–H and O–H groups in total. The number of nitrogens with zero attached hydrogens (tertiary/aromatic N) is 2. The monoisotopic (exact) mass is 498 g/mol. The third-order valence-corrected chi connectivity index (χ3v) is 7.73. The minimum atomic E-state index is -4.45. The normalized spacial score (nSPS) is 19.0. The van der Waals surface area contributed by atoms with Crippen molar-refractivity contribution in [3.8, 4) is 0 Å². The quantitative estimate of drug-likeness (QED) is 0.293. The summed E-state index contributed by atoms with van der Waals surface area (Å²) < 4.78 is 38.7. The number of fused-ring (bicyclic) bond motifs is 8. The van der Waals surface area contributed by atoms with Crippen molar-refractivity contribution in [1.29, 1.82) is 0 Å². The predicted molar refractivity (Wildman–Crippen MR) is 142 cm³/mol. The number of nitrogens with one attached hydrogen (secondary N) is 2. The zero-order valence-corrected chi connectivity index (χ0v) is 20.1. The summed E-state index contributed by atoms with van der Waals surface area (Å²) >= 11 is 0. The van der Waals surface area contributed by atoms with Gasteiger partial charge in [0, 0.05) is 41.2 Å². The van der Waals surface area contributed by atoms with Gasteiger partial charge in [-0.15, -0.1) is 0 Å². The van der Waals surface area contributed by atoms with E-state index in [0.717, 1.165) is 56.0 Å². The van der Waals surface area contributed by atoms with Gasteiger partial charge in [0.1, 0.15) is 0 Å². The summed E-state index contributed by atoms with van der Waals surface area (Å²) in [6, 6.07) is 13.9. The Balaban J connectivity index is 1.56. The van der Waals surface area contributed by atoms with Gasteiger partial charge in [0.2, 0.25) is 4.93 Å². The van der Waals surface area contributed by atoms with E-state index in [0.29, 0.717) is 0 Å². The van der Waals surface area contributed by atoms with Crippen LogP contribution < -0.4 is 0 Å². The van der Waals surface area contributed by atoms with Gasteiger partial charge in [0.15, 0.2) is 0 Å². The number of allylic oxidation sites excluding steroid dienone is 2. The molecule has 3 aliphatic rings. The van der Waals surface area contributed by atoms with Crippen molar-refractivity contribution in [2.75, 3.05) is 7.11 Å². The van der Waals surface area contributed by atoms with E-state index >= 15 is 0 Å². The number of aromatic nitrogens is 4. The Morgan fingerprint density at radius 1 is 0.833 bits per heavy atom. The minimum Gasteiger partial charge on any atom is -0.357 e. The maximum atomic E-state index is 11.9. The Hall–Kier alpha value is -4.05. The molecule has 1 atom stereocenters. The SMILES string of the molecule is COC1(S(=O)(=O)O)C=CC(c2cc3cc4nc(cc5ccc(cc6nc(cc2[nH]3)C=C6)[nH]5)C=C4)=CC1. The van der Waals surface area contributed by atoms with Gasteiger partial charge >= 0.3 is 0 Å². The molecule has 0 spiro atoms. The van der Waals surface area contributed by atoms with Crippen LogP contribution in [0.1, 0.15) is 34.8 Å². The van der Waals surface area contributed by atoms with E-state index in [4.69, 9.17) is 14.7 Å². The number of H-pyrrole nitrogens is 2. The lowest BCUT2D eigenvalue weighted by atomic mass is 9.98. The van der Waals surface area contributed by atoms with E-state index in [2.05, 4.69) is 9.97 Å². The van der Waals surface area contributed by atoms with E-state index in [1.165, 1.54) is 13.2 Å². The van der Waals surface area contributed by atoms with Crippen LogP contribution >= 0.6 is 0 Å². The fraction of sp³-hybridized carbons (Fsp3) is 0.111. The second kappa shape index (κ2) is 8.27. The van der Waals surface area contributed by atoms with Crippen LogP contribution in [-0.2, 0) is 14.9 Å². The largest absolute Gasteiger partial charge is 0.357 e. The van der Waals surface area contributed by atoms with Crippen LogP contribution in [0.3, 0.4) is 0 Å². The highest BCUT2D eigenvalue weighted by atomic mass is 32.2. The molecule has 5 heterocycles. The van der Waals surface area contributed by atoms with Crippen LogP contribution in [-0.4, -0.2) is 44.9 Å². The molecule has 8 nitrogen and oxygen atoms in total. The first kappa shape index (κ1) is 22.4. The molecule has 6 rings (SSSR count). The van der Waals surface area contributed by atoms with Crippen molar-refractivity contribution in [3.63, 3.8) is 0 Å². The smallest absolute Gasteiger partial charge is 0.299 e. The van der Waals surface area contributed by atoms with Gasteiger partial charge in [-0.05, 0) is 78.4 Å². The first-order valence-corrected chi connectivity index (χ1v) is 12.7. The molecule has 9 heteroatoms. The highest BCUT2D eigenvalue weighted by Crippen LogP contribution is 2.34. The molecule has 0 fully saturated rings. The average molecular weight is 499 g/mol. The van der Waals surface area contributed by atoms with Gasteiger partial charge < -0.3 is 14.7 Å². The van der Waals surface area contributed by atoms with Gasteiger partial charge in [0.25, 0.3) is 10.1 Å². The third-order valence-electron chi connectivity index (χ3n) is 6.39. The van der Waals surface area contributed by atoms with E-state index in [-0.39, 0.29) is 6.42 Å². The summed E-state index contributed by atoms with van der Waals surface area (Å²) in [5.41, 5.74) is 8.45. The number of hydrogen-bond donors (Lipinski definition) is 3. The molecule has 36 heavy (non-hydrogen) atoms. The number of methoxy groups -OCH3 is 1. The standard InChI is InChI=1S/C27H22N4O4S/c1-35-27(36(32,33)34)10-8-17(9-11-27)25-15-24-14-22-5-4-20(29-22)12-18-2-3-19(28-18)13-21-6-7-23(30-21)16-26(25)31-24/h2-10,12-16,28,31H,11H2,1H3,(H,32,33,34). The lowest BCUT2D eigenvalue weighted by Gasteiger charge is -2.27. The number of rotatable bonds is 3. The van der Waals surface area contributed by atoms with Gasteiger partial charge in [-0.2, -0.15) is 8.42 Å².